The minimum absolute atomic E-state index is 0.133. The lowest BCUT2D eigenvalue weighted by Gasteiger charge is -2.13. The van der Waals surface area contributed by atoms with Gasteiger partial charge in [0.1, 0.15) is 11.6 Å². The zero-order chi connectivity index (χ0) is 20.7. The lowest BCUT2D eigenvalue weighted by atomic mass is 10.2. The van der Waals surface area contributed by atoms with Gasteiger partial charge in [0.15, 0.2) is 18.1 Å². The Morgan fingerprint density at radius 1 is 1.18 bits per heavy atom. The van der Waals surface area contributed by atoms with Gasteiger partial charge in [-0.1, -0.05) is 6.92 Å². The van der Waals surface area contributed by atoms with Crippen molar-refractivity contribution in [2.24, 2.45) is 0 Å². The molecule has 0 aromatic heterocycles. The zero-order valence-corrected chi connectivity index (χ0v) is 16.8. The molecule has 0 atom stereocenters. The van der Waals surface area contributed by atoms with Crippen molar-refractivity contribution in [3.05, 3.63) is 52.0 Å². The fourth-order valence-electron chi connectivity index (χ4n) is 2.17. The number of carbonyl (C=O) groups is 2. The molecule has 0 unspecified atom stereocenters. The lowest BCUT2D eigenvalue weighted by molar-refractivity contribution is -0.119. The minimum Gasteiger partial charge on any atom is -0.493 e. The molecule has 1 N–H and O–H groups in total. The molecule has 2 aromatic rings. The van der Waals surface area contributed by atoms with E-state index in [1.165, 1.54) is 19.2 Å². The van der Waals surface area contributed by atoms with Crippen LogP contribution >= 0.6 is 15.9 Å². The molecule has 0 aliphatic carbocycles. The van der Waals surface area contributed by atoms with E-state index in [1.54, 1.807) is 0 Å². The molecule has 150 valence electrons. The predicted octanol–water partition coefficient (Wildman–Crippen LogP) is 4.32. The Labute approximate surface area is 168 Å². The SMILES string of the molecule is CCCOc1c(Br)cc(C(=O)OCC(=O)Nc2ccc(F)cc2F)cc1OC. The summed E-state index contributed by atoms with van der Waals surface area (Å²) in [6.07, 6.45) is 0.795. The van der Waals surface area contributed by atoms with Gasteiger partial charge in [0.2, 0.25) is 0 Å². The summed E-state index contributed by atoms with van der Waals surface area (Å²) in [4.78, 5) is 24.1. The van der Waals surface area contributed by atoms with Gasteiger partial charge in [-0.25, -0.2) is 13.6 Å². The molecule has 9 heteroatoms. The number of carbonyl (C=O) groups excluding carboxylic acids is 2. The van der Waals surface area contributed by atoms with Crippen molar-refractivity contribution in [1.29, 1.82) is 0 Å². The standard InChI is InChI=1S/C19H18BrF2NO5/c1-3-6-27-18-13(20)7-11(8-16(18)26-2)19(25)28-10-17(24)23-15-5-4-12(21)9-14(15)22/h4-5,7-9H,3,6,10H2,1-2H3,(H,23,24). The first kappa shape index (κ1) is 21.6. The number of rotatable bonds is 8. The van der Waals surface area contributed by atoms with Crippen molar-refractivity contribution < 1.29 is 32.6 Å². The van der Waals surface area contributed by atoms with Crippen LogP contribution in [0.4, 0.5) is 14.5 Å². The number of hydrogen-bond acceptors (Lipinski definition) is 5. The molecular weight excluding hydrogens is 440 g/mol. The normalized spacial score (nSPS) is 10.3. The summed E-state index contributed by atoms with van der Waals surface area (Å²) in [5.41, 5.74) is -0.0855. The van der Waals surface area contributed by atoms with Crippen molar-refractivity contribution in [2.75, 3.05) is 25.6 Å². The predicted molar refractivity (Wildman–Crippen MR) is 102 cm³/mol. The Bertz CT molecular complexity index is 876. The number of nitrogens with one attached hydrogen (secondary N) is 1. The number of ether oxygens (including phenoxy) is 3. The Kier molecular flexibility index (Phi) is 7.74. The van der Waals surface area contributed by atoms with Crippen LogP contribution in [0.5, 0.6) is 11.5 Å². The highest BCUT2D eigenvalue weighted by Crippen LogP contribution is 2.37. The maximum absolute atomic E-state index is 13.5. The molecule has 0 saturated heterocycles. The quantitative estimate of drug-likeness (QED) is 0.597. The third kappa shape index (κ3) is 5.66. The first-order valence-electron chi connectivity index (χ1n) is 8.28. The highest BCUT2D eigenvalue weighted by Gasteiger charge is 2.18. The fraction of sp³-hybridized carbons (Fsp3) is 0.263. The van der Waals surface area contributed by atoms with Gasteiger partial charge in [0.05, 0.1) is 29.4 Å². The van der Waals surface area contributed by atoms with E-state index in [0.29, 0.717) is 28.6 Å². The summed E-state index contributed by atoms with van der Waals surface area (Å²) in [6.45, 7) is 1.78. The van der Waals surface area contributed by atoms with Crippen LogP contribution in [0.25, 0.3) is 0 Å². The highest BCUT2D eigenvalue weighted by atomic mass is 79.9. The van der Waals surface area contributed by atoms with Crippen molar-refractivity contribution in [3.63, 3.8) is 0 Å². The maximum atomic E-state index is 13.5. The monoisotopic (exact) mass is 457 g/mol. The van der Waals surface area contributed by atoms with Crippen LogP contribution in [-0.4, -0.2) is 32.2 Å². The van der Waals surface area contributed by atoms with Crippen molar-refractivity contribution >= 4 is 33.5 Å². The van der Waals surface area contributed by atoms with Crippen molar-refractivity contribution in [2.45, 2.75) is 13.3 Å². The number of amides is 1. The molecule has 0 aliphatic rings. The van der Waals surface area contributed by atoms with Crippen LogP contribution in [0.1, 0.15) is 23.7 Å². The first-order chi connectivity index (χ1) is 13.3. The van der Waals surface area contributed by atoms with E-state index in [9.17, 15) is 18.4 Å². The molecule has 28 heavy (non-hydrogen) atoms. The summed E-state index contributed by atoms with van der Waals surface area (Å²) >= 11 is 3.31. The van der Waals surface area contributed by atoms with Crippen LogP contribution in [-0.2, 0) is 9.53 Å². The maximum Gasteiger partial charge on any atom is 0.338 e. The van der Waals surface area contributed by atoms with E-state index in [-0.39, 0.29) is 11.3 Å². The van der Waals surface area contributed by atoms with Gasteiger partial charge in [0, 0.05) is 6.07 Å². The molecular formula is C19H18BrF2NO5. The average molecular weight is 458 g/mol. The Balaban J connectivity index is 2.02. The van der Waals surface area contributed by atoms with Crippen molar-refractivity contribution in [1.82, 2.24) is 0 Å². The molecule has 2 rings (SSSR count). The van der Waals surface area contributed by atoms with E-state index in [0.717, 1.165) is 18.6 Å². The van der Waals surface area contributed by atoms with E-state index in [2.05, 4.69) is 21.2 Å². The number of methoxy groups -OCH3 is 1. The average Bonchev–Trinajstić information content (AvgIpc) is 2.66. The molecule has 0 fully saturated rings. The molecule has 1 amide bonds. The van der Waals surface area contributed by atoms with E-state index >= 15 is 0 Å². The third-order valence-electron chi connectivity index (χ3n) is 3.46. The summed E-state index contributed by atoms with van der Waals surface area (Å²) in [6, 6.07) is 5.61. The largest absolute Gasteiger partial charge is 0.493 e. The smallest absolute Gasteiger partial charge is 0.338 e. The van der Waals surface area contributed by atoms with Gasteiger partial charge >= 0.3 is 5.97 Å². The summed E-state index contributed by atoms with van der Waals surface area (Å²) in [5.74, 6) is -2.48. The molecule has 0 aliphatic heterocycles. The van der Waals surface area contributed by atoms with Crippen LogP contribution < -0.4 is 14.8 Å². The molecule has 6 nitrogen and oxygen atoms in total. The number of esters is 1. The van der Waals surface area contributed by atoms with E-state index in [4.69, 9.17) is 14.2 Å². The summed E-state index contributed by atoms with van der Waals surface area (Å²) < 4.78 is 42.6. The molecule has 0 bridgehead atoms. The summed E-state index contributed by atoms with van der Waals surface area (Å²) in [5, 5.41) is 2.20. The molecule has 0 spiro atoms. The van der Waals surface area contributed by atoms with E-state index < -0.39 is 30.1 Å². The topological polar surface area (TPSA) is 73.9 Å². The van der Waals surface area contributed by atoms with Crippen molar-refractivity contribution in [3.8, 4) is 11.5 Å². The molecule has 2 aromatic carbocycles. The van der Waals surface area contributed by atoms with Crippen LogP contribution in [0.2, 0.25) is 0 Å². The Morgan fingerprint density at radius 2 is 1.93 bits per heavy atom. The Hall–Kier alpha value is -2.68. The van der Waals surface area contributed by atoms with Crippen LogP contribution in [0, 0.1) is 11.6 Å². The number of halogens is 3. The molecule has 0 saturated carbocycles. The fourth-order valence-corrected chi connectivity index (χ4v) is 2.73. The van der Waals surface area contributed by atoms with Gasteiger partial charge in [0.25, 0.3) is 5.91 Å². The van der Waals surface area contributed by atoms with Gasteiger partial charge < -0.3 is 19.5 Å². The lowest BCUT2D eigenvalue weighted by Crippen LogP contribution is -2.21. The number of anilines is 1. The number of hydrogen-bond donors (Lipinski definition) is 1. The van der Waals surface area contributed by atoms with Gasteiger partial charge in [-0.2, -0.15) is 0 Å². The second-order valence-corrected chi connectivity index (χ2v) is 6.44. The second kappa shape index (κ2) is 10.0. The minimum atomic E-state index is -0.934. The van der Waals surface area contributed by atoms with Crippen LogP contribution in [0.15, 0.2) is 34.8 Å². The highest BCUT2D eigenvalue weighted by molar-refractivity contribution is 9.10. The summed E-state index contributed by atoms with van der Waals surface area (Å²) in [7, 11) is 1.43. The molecule has 0 heterocycles. The third-order valence-corrected chi connectivity index (χ3v) is 4.04. The van der Waals surface area contributed by atoms with Crippen LogP contribution in [0.3, 0.4) is 0 Å². The second-order valence-electron chi connectivity index (χ2n) is 5.59. The first-order valence-corrected chi connectivity index (χ1v) is 9.07. The number of benzene rings is 2. The van der Waals surface area contributed by atoms with Gasteiger partial charge in [-0.15, -0.1) is 0 Å². The van der Waals surface area contributed by atoms with Gasteiger partial charge in [-0.05, 0) is 46.6 Å². The van der Waals surface area contributed by atoms with Gasteiger partial charge in [-0.3, -0.25) is 4.79 Å². The molecule has 0 radical (unpaired) electrons. The van der Waals surface area contributed by atoms with E-state index in [1.807, 2.05) is 6.92 Å². The zero-order valence-electron chi connectivity index (χ0n) is 15.2. The Morgan fingerprint density at radius 3 is 2.57 bits per heavy atom.